The molecule has 0 radical (unpaired) electrons. The second-order valence-electron chi connectivity index (χ2n) is 5.77. The average Bonchev–Trinajstić information content (AvgIpc) is 2.86. The van der Waals surface area contributed by atoms with Crippen LogP contribution in [0.15, 0.2) is 34.9 Å². The summed E-state index contributed by atoms with van der Waals surface area (Å²) in [7, 11) is 0. The molecule has 0 spiro atoms. The Kier molecular flexibility index (Phi) is 3.36. The standard InChI is InChI=1S/C16H20N2O2/c1-3-16(19)10-18(11-16)9-14-8-15(17-20-14)13-6-4-12(2)5-7-13/h4-8,19H,3,9-11H2,1-2H3. The maximum atomic E-state index is 9.99. The van der Waals surface area contributed by atoms with E-state index in [9.17, 15) is 5.11 Å². The maximum Gasteiger partial charge on any atom is 0.151 e. The molecule has 106 valence electrons. The normalized spacial score (nSPS) is 17.9. The van der Waals surface area contributed by atoms with E-state index in [2.05, 4.69) is 41.2 Å². The Morgan fingerprint density at radius 3 is 2.65 bits per heavy atom. The van der Waals surface area contributed by atoms with Gasteiger partial charge in [0.2, 0.25) is 0 Å². The first-order chi connectivity index (χ1) is 9.58. The van der Waals surface area contributed by atoms with Crippen LogP contribution in [-0.4, -0.2) is 33.9 Å². The lowest BCUT2D eigenvalue weighted by molar-refractivity contribution is -0.105. The zero-order valence-electron chi connectivity index (χ0n) is 12.0. The molecule has 1 aliphatic rings. The first-order valence-corrected chi connectivity index (χ1v) is 7.05. The molecule has 0 bridgehead atoms. The Balaban J connectivity index is 1.64. The Bertz CT molecular complexity index is 583. The summed E-state index contributed by atoms with van der Waals surface area (Å²) in [6, 6.07) is 10.2. The first-order valence-electron chi connectivity index (χ1n) is 7.05. The van der Waals surface area contributed by atoms with Gasteiger partial charge in [0.25, 0.3) is 0 Å². The van der Waals surface area contributed by atoms with Crippen molar-refractivity contribution < 1.29 is 9.63 Å². The zero-order valence-corrected chi connectivity index (χ0v) is 12.0. The maximum absolute atomic E-state index is 9.99. The van der Waals surface area contributed by atoms with Crippen LogP contribution < -0.4 is 0 Å². The zero-order chi connectivity index (χ0) is 14.2. The predicted octanol–water partition coefficient (Wildman–Crippen LogP) is 2.61. The third-order valence-corrected chi connectivity index (χ3v) is 3.98. The molecule has 3 rings (SSSR count). The van der Waals surface area contributed by atoms with E-state index in [0.717, 1.165) is 23.4 Å². The number of aliphatic hydroxyl groups is 1. The molecule has 1 N–H and O–H groups in total. The first kappa shape index (κ1) is 13.3. The molecular formula is C16H20N2O2. The van der Waals surface area contributed by atoms with Crippen LogP contribution in [0.25, 0.3) is 11.3 Å². The molecular weight excluding hydrogens is 252 g/mol. The van der Waals surface area contributed by atoms with Crippen molar-refractivity contribution in [2.45, 2.75) is 32.4 Å². The molecule has 1 aliphatic heterocycles. The van der Waals surface area contributed by atoms with E-state index in [1.165, 1.54) is 5.56 Å². The minimum atomic E-state index is -0.500. The molecule has 0 amide bonds. The molecule has 1 aromatic heterocycles. The van der Waals surface area contributed by atoms with Crippen molar-refractivity contribution in [1.82, 2.24) is 10.1 Å². The van der Waals surface area contributed by atoms with Gasteiger partial charge in [-0.05, 0) is 13.3 Å². The van der Waals surface area contributed by atoms with Crippen LogP contribution in [-0.2, 0) is 6.54 Å². The summed E-state index contributed by atoms with van der Waals surface area (Å²) in [5, 5.41) is 14.1. The van der Waals surface area contributed by atoms with E-state index in [-0.39, 0.29) is 0 Å². The number of aromatic nitrogens is 1. The molecule has 1 fully saturated rings. The third kappa shape index (κ3) is 2.62. The fourth-order valence-corrected chi connectivity index (χ4v) is 2.59. The van der Waals surface area contributed by atoms with Crippen molar-refractivity contribution >= 4 is 0 Å². The fourth-order valence-electron chi connectivity index (χ4n) is 2.59. The highest BCUT2D eigenvalue weighted by Crippen LogP contribution is 2.27. The van der Waals surface area contributed by atoms with Gasteiger partial charge in [-0.2, -0.15) is 0 Å². The van der Waals surface area contributed by atoms with E-state index in [4.69, 9.17) is 4.52 Å². The van der Waals surface area contributed by atoms with Gasteiger partial charge in [0.05, 0.1) is 12.1 Å². The van der Waals surface area contributed by atoms with Crippen molar-refractivity contribution in [3.63, 3.8) is 0 Å². The quantitative estimate of drug-likeness (QED) is 0.929. The molecule has 2 aromatic rings. The van der Waals surface area contributed by atoms with Crippen LogP contribution in [0.1, 0.15) is 24.7 Å². The van der Waals surface area contributed by atoms with E-state index >= 15 is 0 Å². The number of hydrogen-bond acceptors (Lipinski definition) is 4. The van der Waals surface area contributed by atoms with E-state index in [1.54, 1.807) is 0 Å². The lowest BCUT2D eigenvalue weighted by atomic mass is 9.91. The van der Waals surface area contributed by atoms with Crippen LogP contribution in [0.3, 0.4) is 0 Å². The van der Waals surface area contributed by atoms with Gasteiger partial charge >= 0.3 is 0 Å². The van der Waals surface area contributed by atoms with Gasteiger partial charge in [0, 0.05) is 24.7 Å². The Morgan fingerprint density at radius 2 is 2.00 bits per heavy atom. The Hall–Kier alpha value is -1.65. The van der Waals surface area contributed by atoms with E-state index < -0.39 is 5.60 Å². The summed E-state index contributed by atoms with van der Waals surface area (Å²) in [4.78, 5) is 2.17. The van der Waals surface area contributed by atoms with Crippen LogP contribution in [0.5, 0.6) is 0 Å². The van der Waals surface area contributed by atoms with Gasteiger partial charge in [-0.3, -0.25) is 4.90 Å². The van der Waals surface area contributed by atoms with Crippen molar-refractivity contribution in [1.29, 1.82) is 0 Å². The minimum Gasteiger partial charge on any atom is -0.387 e. The van der Waals surface area contributed by atoms with Crippen molar-refractivity contribution in [3.8, 4) is 11.3 Å². The smallest absolute Gasteiger partial charge is 0.151 e. The van der Waals surface area contributed by atoms with E-state index in [0.29, 0.717) is 19.6 Å². The van der Waals surface area contributed by atoms with Gasteiger partial charge in [-0.15, -0.1) is 0 Å². The summed E-state index contributed by atoms with van der Waals surface area (Å²) >= 11 is 0. The molecule has 4 heteroatoms. The number of hydrogen-bond donors (Lipinski definition) is 1. The number of β-amino-alcohol motifs (C(OH)–C–C–N with tert-alkyl or cyclic N) is 1. The van der Waals surface area contributed by atoms with Crippen LogP contribution in [0.4, 0.5) is 0 Å². The van der Waals surface area contributed by atoms with Crippen LogP contribution >= 0.6 is 0 Å². The van der Waals surface area contributed by atoms with Crippen molar-refractivity contribution in [3.05, 3.63) is 41.7 Å². The molecule has 2 heterocycles. The average molecular weight is 272 g/mol. The van der Waals surface area contributed by atoms with E-state index in [1.807, 2.05) is 13.0 Å². The summed E-state index contributed by atoms with van der Waals surface area (Å²) in [5.41, 5.74) is 2.67. The SMILES string of the molecule is CCC1(O)CN(Cc2cc(-c3ccc(C)cc3)no2)C1. The summed E-state index contributed by atoms with van der Waals surface area (Å²) in [6.45, 7) is 6.22. The number of nitrogens with zero attached hydrogens (tertiary/aromatic N) is 2. The second-order valence-corrected chi connectivity index (χ2v) is 5.77. The largest absolute Gasteiger partial charge is 0.387 e. The summed E-state index contributed by atoms with van der Waals surface area (Å²) < 4.78 is 5.38. The third-order valence-electron chi connectivity index (χ3n) is 3.98. The van der Waals surface area contributed by atoms with Gasteiger partial charge in [0.15, 0.2) is 5.76 Å². The highest BCUT2D eigenvalue weighted by molar-refractivity contribution is 5.59. The van der Waals surface area contributed by atoms with Gasteiger partial charge in [-0.1, -0.05) is 41.9 Å². The summed E-state index contributed by atoms with van der Waals surface area (Å²) in [6.07, 6.45) is 0.800. The van der Waals surface area contributed by atoms with Crippen LogP contribution in [0, 0.1) is 6.92 Å². The molecule has 1 saturated heterocycles. The molecule has 4 nitrogen and oxygen atoms in total. The second kappa shape index (κ2) is 5.04. The fraction of sp³-hybridized carbons (Fsp3) is 0.438. The molecule has 1 aromatic carbocycles. The molecule has 0 unspecified atom stereocenters. The molecule has 0 atom stereocenters. The van der Waals surface area contributed by atoms with Crippen LogP contribution in [0.2, 0.25) is 0 Å². The van der Waals surface area contributed by atoms with Gasteiger partial charge in [-0.25, -0.2) is 0 Å². The predicted molar refractivity (Wildman–Crippen MR) is 77.2 cm³/mol. The van der Waals surface area contributed by atoms with Gasteiger partial charge < -0.3 is 9.63 Å². The molecule has 20 heavy (non-hydrogen) atoms. The van der Waals surface area contributed by atoms with Gasteiger partial charge in [0.1, 0.15) is 5.69 Å². The monoisotopic (exact) mass is 272 g/mol. The summed E-state index contributed by atoms with van der Waals surface area (Å²) in [5.74, 6) is 0.846. The van der Waals surface area contributed by atoms with Crippen molar-refractivity contribution in [2.24, 2.45) is 0 Å². The highest BCUT2D eigenvalue weighted by Gasteiger charge is 2.39. The lowest BCUT2D eigenvalue weighted by Crippen LogP contribution is -2.60. The number of rotatable bonds is 4. The highest BCUT2D eigenvalue weighted by atomic mass is 16.5. The topological polar surface area (TPSA) is 49.5 Å². The Morgan fingerprint density at radius 1 is 1.30 bits per heavy atom. The lowest BCUT2D eigenvalue weighted by Gasteiger charge is -2.45. The number of benzene rings is 1. The minimum absolute atomic E-state index is 0.500. The Labute approximate surface area is 119 Å². The molecule has 0 aliphatic carbocycles. The van der Waals surface area contributed by atoms with Crippen molar-refractivity contribution in [2.75, 3.05) is 13.1 Å². The molecule has 0 saturated carbocycles. The number of aryl methyl sites for hydroxylation is 1. The number of likely N-dealkylation sites (tertiary alicyclic amines) is 1.